The zero-order chi connectivity index (χ0) is 15.6. The van der Waals surface area contributed by atoms with Crippen LogP contribution in [0.1, 0.15) is 41.7 Å². The van der Waals surface area contributed by atoms with Gasteiger partial charge in [0.05, 0.1) is 18.9 Å². The van der Waals surface area contributed by atoms with Crippen LogP contribution in [0.25, 0.3) is 0 Å². The molecule has 9 nitrogen and oxygen atoms in total. The third kappa shape index (κ3) is 2.91. The first kappa shape index (κ1) is 14.7. The highest BCUT2D eigenvalue weighted by molar-refractivity contribution is 5.88. The van der Waals surface area contributed by atoms with Crippen molar-refractivity contribution < 1.29 is 18.9 Å². The minimum atomic E-state index is -0.617. The molecule has 21 heavy (non-hydrogen) atoms. The van der Waals surface area contributed by atoms with Gasteiger partial charge in [-0.25, -0.2) is 9.48 Å². The van der Waals surface area contributed by atoms with Crippen molar-refractivity contribution in [1.29, 1.82) is 0 Å². The fraction of sp³-hybridized carbons (Fsp3) is 0.417. The lowest BCUT2D eigenvalue weighted by molar-refractivity contribution is -0.402. The van der Waals surface area contributed by atoms with E-state index in [0.717, 1.165) is 0 Å². The Bertz CT molecular complexity index is 673. The molecule has 0 aliphatic rings. The summed E-state index contributed by atoms with van der Waals surface area (Å²) in [7, 11) is 1.27. The van der Waals surface area contributed by atoms with E-state index < -0.39 is 10.9 Å². The summed E-state index contributed by atoms with van der Waals surface area (Å²) >= 11 is 0. The molecule has 0 radical (unpaired) electrons. The van der Waals surface area contributed by atoms with Gasteiger partial charge in [-0.2, -0.15) is 0 Å². The van der Waals surface area contributed by atoms with Crippen LogP contribution in [-0.2, 0) is 11.3 Å². The summed E-state index contributed by atoms with van der Waals surface area (Å²) in [5.41, 5.74) is 0.717. The van der Waals surface area contributed by atoms with E-state index in [0.29, 0.717) is 11.5 Å². The average Bonchev–Trinajstić information content (AvgIpc) is 3.05. The second kappa shape index (κ2) is 5.73. The fourth-order valence-electron chi connectivity index (χ4n) is 1.95. The van der Waals surface area contributed by atoms with Crippen LogP contribution in [0.5, 0.6) is 0 Å². The summed E-state index contributed by atoms with van der Waals surface area (Å²) in [5, 5.41) is 18.3. The quantitative estimate of drug-likeness (QED) is 0.468. The summed E-state index contributed by atoms with van der Waals surface area (Å²) < 4.78 is 11.2. The first-order chi connectivity index (χ1) is 9.93. The summed E-state index contributed by atoms with van der Waals surface area (Å²) in [6.07, 6.45) is 0. The standard InChI is InChI=1S/C12H14N4O5/c1-7(2)11-10(12(17)20-3)13-14-15(11)6-8-4-5-9(21-8)16(18)19/h4-5,7H,6H2,1-3H3. The molecule has 0 atom stereocenters. The van der Waals surface area contributed by atoms with Gasteiger partial charge in [-0.1, -0.05) is 19.1 Å². The number of furan rings is 1. The van der Waals surface area contributed by atoms with Crippen LogP contribution < -0.4 is 0 Å². The summed E-state index contributed by atoms with van der Waals surface area (Å²) in [5.74, 6) is -0.594. The van der Waals surface area contributed by atoms with Gasteiger partial charge in [-0.15, -0.1) is 5.10 Å². The predicted molar refractivity (Wildman–Crippen MR) is 69.9 cm³/mol. The van der Waals surface area contributed by atoms with E-state index in [1.54, 1.807) is 0 Å². The number of hydrogen-bond acceptors (Lipinski definition) is 7. The number of methoxy groups -OCH3 is 1. The molecule has 2 rings (SSSR count). The van der Waals surface area contributed by atoms with E-state index >= 15 is 0 Å². The Morgan fingerprint density at radius 3 is 2.76 bits per heavy atom. The number of carbonyl (C=O) groups excluding carboxylic acids is 1. The van der Waals surface area contributed by atoms with Crippen molar-refractivity contribution in [3.05, 3.63) is 39.4 Å². The lowest BCUT2D eigenvalue weighted by Crippen LogP contribution is -2.11. The molecule has 2 heterocycles. The minimum Gasteiger partial charge on any atom is -0.464 e. The lowest BCUT2D eigenvalue weighted by atomic mass is 10.1. The van der Waals surface area contributed by atoms with Crippen LogP contribution >= 0.6 is 0 Å². The van der Waals surface area contributed by atoms with Gasteiger partial charge in [0, 0.05) is 0 Å². The highest BCUT2D eigenvalue weighted by Crippen LogP contribution is 2.21. The topological polar surface area (TPSA) is 113 Å². The lowest BCUT2D eigenvalue weighted by Gasteiger charge is -2.08. The van der Waals surface area contributed by atoms with Crippen molar-refractivity contribution in [3.8, 4) is 0 Å². The molecule has 0 aliphatic carbocycles. The highest BCUT2D eigenvalue weighted by Gasteiger charge is 2.23. The van der Waals surface area contributed by atoms with Gasteiger partial charge >= 0.3 is 11.9 Å². The first-order valence-electron chi connectivity index (χ1n) is 6.18. The van der Waals surface area contributed by atoms with E-state index in [-0.39, 0.29) is 24.0 Å². The second-order valence-corrected chi connectivity index (χ2v) is 4.62. The van der Waals surface area contributed by atoms with Gasteiger partial charge in [0.15, 0.2) is 5.69 Å². The van der Waals surface area contributed by atoms with Crippen molar-refractivity contribution in [2.24, 2.45) is 0 Å². The summed E-state index contributed by atoms with van der Waals surface area (Å²) in [6.45, 7) is 3.91. The molecule has 0 aromatic carbocycles. The number of aromatic nitrogens is 3. The smallest absolute Gasteiger partial charge is 0.433 e. The molecule has 0 saturated carbocycles. The van der Waals surface area contributed by atoms with Crippen molar-refractivity contribution >= 4 is 11.9 Å². The molecular formula is C12H14N4O5. The molecule has 0 spiro atoms. The molecule has 0 N–H and O–H groups in total. The third-order valence-electron chi connectivity index (χ3n) is 2.83. The van der Waals surface area contributed by atoms with Gasteiger partial charge < -0.3 is 9.15 Å². The number of nitro groups is 1. The van der Waals surface area contributed by atoms with Crippen LogP contribution in [0, 0.1) is 10.1 Å². The van der Waals surface area contributed by atoms with Crippen molar-refractivity contribution in [1.82, 2.24) is 15.0 Å². The Labute approximate surface area is 119 Å². The number of esters is 1. The van der Waals surface area contributed by atoms with Crippen LogP contribution in [0.4, 0.5) is 5.88 Å². The first-order valence-corrected chi connectivity index (χ1v) is 6.18. The Kier molecular flexibility index (Phi) is 4.01. The van der Waals surface area contributed by atoms with Crippen LogP contribution in [0.15, 0.2) is 16.5 Å². The molecule has 2 aromatic rings. The molecule has 0 bridgehead atoms. The largest absolute Gasteiger partial charge is 0.464 e. The van der Waals surface area contributed by atoms with Gasteiger partial charge in [0.2, 0.25) is 0 Å². The zero-order valence-corrected chi connectivity index (χ0v) is 11.8. The zero-order valence-electron chi connectivity index (χ0n) is 11.8. The molecule has 9 heteroatoms. The molecule has 0 aliphatic heterocycles. The van der Waals surface area contributed by atoms with Crippen LogP contribution in [0.3, 0.4) is 0 Å². The number of rotatable bonds is 5. The number of ether oxygens (including phenoxy) is 1. The Hall–Kier alpha value is -2.71. The number of hydrogen-bond donors (Lipinski definition) is 0. The van der Waals surface area contributed by atoms with Crippen LogP contribution in [0.2, 0.25) is 0 Å². The third-order valence-corrected chi connectivity index (χ3v) is 2.83. The van der Waals surface area contributed by atoms with Gasteiger partial charge in [-0.3, -0.25) is 10.1 Å². The molecule has 0 amide bonds. The molecule has 2 aromatic heterocycles. The average molecular weight is 294 g/mol. The fourth-order valence-corrected chi connectivity index (χ4v) is 1.95. The molecular weight excluding hydrogens is 280 g/mol. The van der Waals surface area contributed by atoms with E-state index in [4.69, 9.17) is 4.42 Å². The maximum atomic E-state index is 11.6. The highest BCUT2D eigenvalue weighted by atomic mass is 16.6. The van der Waals surface area contributed by atoms with Gasteiger partial charge in [0.1, 0.15) is 17.2 Å². The van der Waals surface area contributed by atoms with Crippen LogP contribution in [-0.4, -0.2) is 33.0 Å². The Morgan fingerprint density at radius 1 is 1.52 bits per heavy atom. The number of carbonyl (C=O) groups is 1. The van der Waals surface area contributed by atoms with Crippen molar-refractivity contribution in [3.63, 3.8) is 0 Å². The second-order valence-electron chi connectivity index (χ2n) is 4.62. The summed E-state index contributed by atoms with van der Waals surface area (Å²) in [4.78, 5) is 21.6. The normalized spacial score (nSPS) is 10.9. The maximum absolute atomic E-state index is 11.6. The van der Waals surface area contributed by atoms with E-state index in [9.17, 15) is 14.9 Å². The van der Waals surface area contributed by atoms with E-state index in [1.807, 2.05) is 13.8 Å². The molecule has 0 unspecified atom stereocenters. The van der Waals surface area contributed by atoms with Crippen molar-refractivity contribution in [2.45, 2.75) is 26.3 Å². The van der Waals surface area contributed by atoms with Gasteiger partial charge in [0.25, 0.3) is 0 Å². The van der Waals surface area contributed by atoms with E-state index in [1.165, 1.54) is 23.9 Å². The molecule has 112 valence electrons. The SMILES string of the molecule is COC(=O)c1nnn(Cc2ccc([N+](=O)[O-])o2)c1C(C)C. The Balaban J connectivity index is 2.33. The summed E-state index contributed by atoms with van der Waals surface area (Å²) in [6, 6.07) is 2.75. The Morgan fingerprint density at radius 2 is 2.24 bits per heavy atom. The van der Waals surface area contributed by atoms with E-state index in [2.05, 4.69) is 15.0 Å². The van der Waals surface area contributed by atoms with Crippen molar-refractivity contribution in [2.75, 3.05) is 7.11 Å². The van der Waals surface area contributed by atoms with Gasteiger partial charge in [-0.05, 0) is 12.0 Å². The number of nitrogens with zero attached hydrogens (tertiary/aromatic N) is 4. The molecule has 0 saturated heterocycles. The monoisotopic (exact) mass is 294 g/mol. The predicted octanol–water partition coefficient (Wildman–Crippen LogP) is 1.74. The maximum Gasteiger partial charge on any atom is 0.433 e. The minimum absolute atomic E-state index is 0.0287. The molecule has 0 fully saturated rings.